The summed E-state index contributed by atoms with van der Waals surface area (Å²) >= 11 is 0. The lowest BCUT2D eigenvalue weighted by atomic mass is 10.0. The van der Waals surface area contributed by atoms with Gasteiger partial charge in [-0.05, 0) is 26.4 Å². The van der Waals surface area contributed by atoms with E-state index in [0.717, 1.165) is 18.9 Å². The first-order valence-corrected chi connectivity index (χ1v) is 6.00. The molecule has 5 nitrogen and oxygen atoms in total. The van der Waals surface area contributed by atoms with Gasteiger partial charge in [-0.25, -0.2) is 4.98 Å². The fourth-order valence-electron chi connectivity index (χ4n) is 2.23. The molecule has 0 saturated carbocycles. The fraction of sp³-hybridized carbons (Fsp3) is 0.818. The van der Waals surface area contributed by atoms with Crippen molar-refractivity contribution in [3.63, 3.8) is 0 Å². The Hall–Kier alpha value is -0.940. The maximum atomic E-state index is 4.24. The minimum atomic E-state index is 0.645. The van der Waals surface area contributed by atoms with E-state index in [1.165, 1.54) is 25.8 Å². The van der Waals surface area contributed by atoms with Crippen LogP contribution >= 0.6 is 0 Å². The zero-order valence-corrected chi connectivity index (χ0v) is 10.2. The van der Waals surface area contributed by atoms with Crippen molar-refractivity contribution in [1.82, 2.24) is 25.0 Å². The molecule has 1 atom stereocenters. The van der Waals surface area contributed by atoms with Gasteiger partial charge in [0.2, 0.25) is 0 Å². The minimum absolute atomic E-state index is 0.645. The first-order valence-electron chi connectivity index (χ1n) is 6.00. The molecule has 1 aromatic rings. The van der Waals surface area contributed by atoms with Gasteiger partial charge in [0.05, 0.1) is 6.54 Å². The van der Waals surface area contributed by atoms with E-state index in [2.05, 4.69) is 27.3 Å². The lowest BCUT2D eigenvalue weighted by Gasteiger charge is -2.27. The molecule has 1 aromatic heterocycles. The van der Waals surface area contributed by atoms with Gasteiger partial charge >= 0.3 is 0 Å². The van der Waals surface area contributed by atoms with Gasteiger partial charge in [-0.15, -0.1) is 0 Å². The van der Waals surface area contributed by atoms with Gasteiger partial charge < -0.3 is 5.32 Å². The van der Waals surface area contributed by atoms with Crippen LogP contribution < -0.4 is 5.32 Å². The zero-order valence-electron chi connectivity index (χ0n) is 10.2. The largest absolute Gasteiger partial charge is 0.313 e. The van der Waals surface area contributed by atoms with Crippen molar-refractivity contribution in [1.29, 1.82) is 0 Å². The molecule has 0 amide bonds. The van der Waals surface area contributed by atoms with Crippen LogP contribution in [-0.4, -0.2) is 45.8 Å². The summed E-state index contributed by atoms with van der Waals surface area (Å²) in [5, 5.41) is 7.64. The SMILES string of the molecule is CN(Cc1ncnn1C)CC1CCCCN1. The van der Waals surface area contributed by atoms with E-state index < -0.39 is 0 Å². The summed E-state index contributed by atoms with van der Waals surface area (Å²) in [6, 6.07) is 0.645. The fourth-order valence-corrected chi connectivity index (χ4v) is 2.23. The van der Waals surface area contributed by atoms with Crippen LogP contribution in [0.2, 0.25) is 0 Å². The summed E-state index contributed by atoms with van der Waals surface area (Å²) in [7, 11) is 4.08. The molecule has 0 radical (unpaired) electrons. The number of likely N-dealkylation sites (N-methyl/N-ethyl adjacent to an activating group) is 1. The molecule has 2 heterocycles. The number of aryl methyl sites for hydroxylation is 1. The highest BCUT2D eigenvalue weighted by atomic mass is 15.3. The monoisotopic (exact) mass is 223 g/mol. The van der Waals surface area contributed by atoms with Crippen LogP contribution in [0.4, 0.5) is 0 Å². The van der Waals surface area contributed by atoms with Crippen LogP contribution in [0.5, 0.6) is 0 Å². The van der Waals surface area contributed by atoms with Crippen LogP contribution in [0.1, 0.15) is 25.1 Å². The highest BCUT2D eigenvalue weighted by molar-refractivity contribution is 4.84. The van der Waals surface area contributed by atoms with Crippen LogP contribution in [-0.2, 0) is 13.6 Å². The van der Waals surface area contributed by atoms with Gasteiger partial charge in [-0.3, -0.25) is 9.58 Å². The number of nitrogens with one attached hydrogen (secondary N) is 1. The third-order valence-electron chi connectivity index (χ3n) is 3.16. The second-order valence-corrected chi connectivity index (χ2v) is 4.64. The number of rotatable bonds is 4. The molecule has 0 bridgehead atoms. The summed E-state index contributed by atoms with van der Waals surface area (Å²) in [4.78, 5) is 6.55. The second kappa shape index (κ2) is 5.41. The predicted octanol–water partition coefficient (Wildman–Crippen LogP) is 0.389. The Balaban J connectivity index is 1.79. The van der Waals surface area contributed by atoms with Crippen LogP contribution in [0.3, 0.4) is 0 Å². The first-order chi connectivity index (χ1) is 7.75. The molecule has 16 heavy (non-hydrogen) atoms. The van der Waals surface area contributed by atoms with Gasteiger partial charge in [-0.2, -0.15) is 5.10 Å². The van der Waals surface area contributed by atoms with E-state index in [0.29, 0.717) is 6.04 Å². The third-order valence-corrected chi connectivity index (χ3v) is 3.16. The smallest absolute Gasteiger partial charge is 0.140 e. The van der Waals surface area contributed by atoms with Crippen molar-refractivity contribution in [3.05, 3.63) is 12.2 Å². The zero-order chi connectivity index (χ0) is 11.4. The topological polar surface area (TPSA) is 46.0 Å². The molecule has 1 saturated heterocycles. The van der Waals surface area contributed by atoms with Crippen molar-refractivity contribution < 1.29 is 0 Å². The average molecular weight is 223 g/mol. The molecule has 1 aliphatic heterocycles. The molecule has 90 valence electrons. The van der Waals surface area contributed by atoms with E-state index in [1.807, 2.05) is 11.7 Å². The Kier molecular flexibility index (Phi) is 3.90. The summed E-state index contributed by atoms with van der Waals surface area (Å²) in [6.07, 6.45) is 5.59. The van der Waals surface area contributed by atoms with Gasteiger partial charge in [0.1, 0.15) is 12.2 Å². The lowest BCUT2D eigenvalue weighted by molar-refractivity contribution is 0.249. The number of hydrogen-bond acceptors (Lipinski definition) is 4. The summed E-state index contributed by atoms with van der Waals surface area (Å²) in [5.74, 6) is 1.03. The molecule has 1 unspecified atom stereocenters. The molecule has 2 rings (SSSR count). The van der Waals surface area contributed by atoms with Gasteiger partial charge in [0.25, 0.3) is 0 Å². The van der Waals surface area contributed by atoms with E-state index in [4.69, 9.17) is 0 Å². The maximum Gasteiger partial charge on any atom is 0.140 e. The van der Waals surface area contributed by atoms with Gasteiger partial charge in [0.15, 0.2) is 0 Å². The Morgan fingerprint density at radius 1 is 1.56 bits per heavy atom. The molecular formula is C11H21N5. The minimum Gasteiger partial charge on any atom is -0.313 e. The predicted molar refractivity (Wildman–Crippen MR) is 63.0 cm³/mol. The Morgan fingerprint density at radius 2 is 2.44 bits per heavy atom. The van der Waals surface area contributed by atoms with Crippen molar-refractivity contribution >= 4 is 0 Å². The highest BCUT2D eigenvalue weighted by Gasteiger charge is 2.15. The Morgan fingerprint density at radius 3 is 3.06 bits per heavy atom. The Labute approximate surface area is 96.8 Å². The standard InChI is InChI=1S/C11H21N5/c1-15(7-10-5-3-4-6-12-10)8-11-13-9-14-16(11)2/h9-10,12H,3-8H2,1-2H3. The maximum absolute atomic E-state index is 4.24. The Bertz CT molecular complexity index is 316. The molecule has 1 N–H and O–H groups in total. The summed E-state index contributed by atoms with van der Waals surface area (Å²) in [5.41, 5.74) is 0. The van der Waals surface area contributed by atoms with Crippen LogP contribution in [0.15, 0.2) is 6.33 Å². The van der Waals surface area contributed by atoms with Gasteiger partial charge in [0, 0.05) is 19.6 Å². The van der Waals surface area contributed by atoms with E-state index in [-0.39, 0.29) is 0 Å². The highest BCUT2D eigenvalue weighted by Crippen LogP contribution is 2.08. The van der Waals surface area contributed by atoms with E-state index in [1.54, 1.807) is 6.33 Å². The first kappa shape index (κ1) is 11.5. The second-order valence-electron chi connectivity index (χ2n) is 4.64. The van der Waals surface area contributed by atoms with E-state index >= 15 is 0 Å². The molecule has 0 aliphatic carbocycles. The lowest BCUT2D eigenvalue weighted by Crippen LogP contribution is -2.42. The summed E-state index contributed by atoms with van der Waals surface area (Å²) in [6.45, 7) is 3.13. The molecule has 5 heteroatoms. The third kappa shape index (κ3) is 3.02. The van der Waals surface area contributed by atoms with Crippen LogP contribution in [0.25, 0.3) is 0 Å². The van der Waals surface area contributed by atoms with Crippen molar-refractivity contribution in [3.8, 4) is 0 Å². The molecule has 1 fully saturated rings. The summed E-state index contributed by atoms with van der Waals surface area (Å²) < 4.78 is 1.84. The van der Waals surface area contributed by atoms with Crippen molar-refractivity contribution in [2.75, 3.05) is 20.1 Å². The quantitative estimate of drug-likeness (QED) is 0.802. The van der Waals surface area contributed by atoms with Crippen molar-refractivity contribution in [2.24, 2.45) is 7.05 Å². The molecule has 0 spiro atoms. The number of aromatic nitrogens is 3. The normalized spacial score (nSPS) is 21.6. The number of hydrogen-bond donors (Lipinski definition) is 1. The van der Waals surface area contributed by atoms with E-state index in [9.17, 15) is 0 Å². The average Bonchev–Trinajstić information content (AvgIpc) is 2.66. The van der Waals surface area contributed by atoms with Gasteiger partial charge in [-0.1, -0.05) is 6.42 Å². The van der Waals surface area contributed by atoms with Crippen LogP contribution in [0, 0.1) is 0 Å². The van der Waals surface area contributed by atoms with Crippen molar-refractivity contribution in [2.45, 2.75) is 31.8 Å². The molecule has 0 aromatic carbocycles. The number of nitrogens with zero attached hydrogens (tertiary/aromatic N) is 4. The molecular weight excluding hydrogens is 202 g/mol. The number of piperidine rings is 1. The molecule has 1 aliphatic rings.